The van der Waals surface area contributed by atoms with Crippen molar-refractivity contribution in [1.29, 1.82) is 0 Å². The van der Waals surface area contributed by atoms with Gasteiger partial charge in [-0.05, 0) is 50.2 Å². The quantitative estimate of drug-likeness (QED) is 0.761. The molecule has 0 aliphatic carbocycles. The third-order valence-corrected chi connectivity index (χ3v) is 4.58. The first kappa shape index (κ1) is 20.9. The smallest absolute Gasteiger partial charge is 0.243 e. The molecule has 2 rings (SSSR count). The predicted octanol–water partition coefficient (Wildman–Crippen LogP) is 3.28. The zero-order chi connectivity index (χ0) is 20.0. The number of hydrogen-bond donors (Lipinski definition) is 2. The Labute approximate surface area is 163 Å². The molecule has 2 N–H and O–H groups in total. The topological polar surface area (TPSA) is 61.4 Å². The third kappa shape index (κ3) is 6.05. The fraction of sp³-hybridized carbons (Fsp3) is 0.300. The molecular weight excluding hydrogens is 369 g/mol. The van der Waals surface area contributed by atoms with Gasteiger partial charge in [-0.25, -0.2) is 4.39 Å². The molecule has 2 aromatic carbocycles. The van der Waals surface area contributed by atoms with Crippen LogP contribution in [0.1, 0.15) is 16.7 Å². The summed E-state index contributed by atoms with van der Waals surface area (Å²) in [7, 11) is 1.68. The van der Waals surface area contributed by atoms with Crippen LogP contribution in [0.25, 0.3) is 0 Å². The van der Waals surface area contributed by atoms with Crippen LogP contribution in [0.3, 0.4) is 0 Å². The largest absolute Gasteiger partial charge is 0.346 e. The Balaban J connectivity index is 1.81. The lowest BCUT2D eigenvalue weighted by molar-refractivity contribution is -0.124. The molecule has 0 aliphatic rings. The number of carbonyl (C=O) groups is 2. The first-order valence-corrected chi connectivity index (χ1v) is 8.90. The van der Waals surface area contributed by atoms with Crippen LogP contribution >= 0.6 is 11.6 Å². The monoisotopic (exact) mass is 391 g/mol. The molecule has 0 spiro atoms. The van der Waals surface area contributed by atoms with Crippen LogP contribution in [0, 0.1) is 19.7 Å². The zero-order valence-corrected chi connectivity index (χ0v) is 16.4. The standard InChI is InChI=1S/C20H23ClFN3O2/c1-13-6-4-9-18(14(13)2)24-19(26)10-23-20(27)12-25(3)11-15-16(21)7-5-8-17(15)22/h4-9H,10-12H2,1-3H3,(H,23,27)(H,24,26). The number of benzene rings is 2. The molecule has 0 bridgehead atoms. The van der Waals surface area contributed by atoms with Crippen molar-refractivity contribution in [3.05, 3.63) is 63.9 Å². The van der Waals surface area contributed by atoms with Crippen LogP contribution < -0.4 is 10.6 Å². The van der Waals surface area contributed by atoms with E-state index >= 15 is 0 Å². The average molecular weight is 392 g/mol. The summed E-state index contributed by atoms with van der Waals surface area (Å²) in [5, 5.41) is 5.66. The lowest BCUT2D eigenvalue weighted by atomic mass is 10.1. The predicted molar refractivity (Wildman–Crippen MR) is 105 cm³/mol. The second-order valence-electron chi connectivity index (χ2n) is 6.44. The van der Waals surface area contributed by atoms with Crippen molar-refractivity contribution in [3.8, 4) is 0 Å². The van der Waals surface area contributed by atoms with Gasteiger partial charge in [0.25, 0.3) is 0 Å². The molecule has 5 nitrogen and oxygen atoms in total. The Hall–Kier alpha value is -2.44. The number of nitrogens with one attached hydrogen (secondary N) is 2. The minimum absolute atomic E-state index is 0.0153. The maximum Gasteiger partial charge on any atom is 0.243 e. The van der Waals surface area contributed by atoms with Crippen molar-refractivity contribution in [2.24, 2.45) is 0 Å². The fourth-order valence-corrected chi connectivity index (χ4v) is 2.79. The van der Waals surface area contributed by atoms with E-state index in [9.17, 15) is 14.0 Å². The number of amides is 2. The van der Waals surface area contributed by atoms with Gasteiger partial charge in [0.15, 0.2) is 0 Å². The van der Waals surface area contributed by atoms with Gasteiger partial charge in [-0.1, -0.05) is 29.8 Å². The highest BCUT2D eigenvalue weighted by Gasteiger charge is 2.13. The van der Waals surface area contributed by atoms with Gasteiger partial charge in [0.05, 0.1) is 13.1 Å². The molecule has 144 valence electrons. The summed E-state index contributed by atoms with van der Waals surface area (Å²) in [5.74, 6) is -1.06. The highest BCUT2D eigenvalue weighted by Crippen LogP contribution is 2.20. The summed E-state index contributed by atoms with van der Waals surface area (Å²) in [6.45, 7) is 3.95. The van der Waals surface area contributed by atoms with Crippen molar-refractivity contribution in [2.75, 3.05) is 25.5 Å². The molecule has 0 fully saturated rings. The molecule has 2 amide bonds. The molecule has 0 heterocycles. The van der Waals surface area contributed by atoms with E-state index < -0.39 is 5.82 Å². The van der Waals surface area contributed by atoms with Gasteiger partial charge in [0.1, 0.15) is 5.82 Å². The van der Waals surface area contributed by atoms with E-state index in [4.69, 9.17) is 11.6 Å². The van der Waals surface area contributed by atoms with Crippen molar-refractivity contribution in [1.82, 2.24) is 10.2 Å². The second kappa shape index (κ2) is 9.48. The SMILES string of the molecule is Cc1cccc(NC(=O)CNC(=O)CN(C)Cc2c(F)cccc2Cl)c1C. The molecule has 0 saturated heterocycles. The number of hydrogen-bond acceptors (Lipinski definition) is 3. The number of anilines is 1. The van der Waals surface area contributed by atoms with Gasteiger partial charge in [0.2, 0.25) is 11.8 Å². The van der Waals surface area contributed by atoms with Gasteiger partial charge in [-0.3, -0.25) is 14.5 Å². The maximum absolute atomic E-state index is 13.8. The molecule has 0 aromatic heterocycles. The van der Waals surface area contributed by atoms with Crippen LogP contribution in [0.15, 0.2) is 36.4 Å². The fourth-order valence-electron chi connectivity index (χ4n) is 2.57. The number of nitrogens with zero attached hydrogens (tertiary/aromatic N) is 1. The van der Waals surface area contributed by atoms with Crippen molar-refractivity contribution in [3.63, 3.8) is 0 Å². The van der Waals surface area contributed by atoms with E-state index in [1.165, 1.54) is 12.1 Å². The van der Waals surface area contributed by atoms with Crippen LogP contribution in [-0.2, 0) is 16.1 Å². The van der Waals surface area contributed by atoms with Gasteiger partial charge in [0, 0.05) is 22.8 Å². The molecule has 0 unspecified atom stereocenters. The summed E-state index contributed by atoms with van der Waals surface area (Å²) in [6, 6.07) is 10.1. The van der Waals surface area contributed by atoms with E-state index in [1.807, 2.05) is 32.0 Å². The maximum atomic E-state index is 13.8. The number of rotatable bonds is 7. The van der Waals surface area contributed by atoms with Gasteiger partial charge >= 0.3 is 0 Å². The lowest BCUT2D eigenvalue weighted by Crippen LogP contribution is -2.39. The highest BCUT2D eigenvalue weighted by atomic mass is 35.5. The summed E-state index contributed by atoms with van der Waals surface area (Å²) in [4.78, 5) is 25.7. The normalized spacial score (nSPS) is 10.7. The lowest BCUT2D eigenvalue weighted by Gasteiger charge is -2.17. The minimum atomic E-state index is -0.414. The second-order valence-corrected chi connectivity index (χ2v) is 6.85. The highest BCUT2D eigenvalue weighted by molar-refractivity contribution is 6.31. The Morgan fingerprint density at radius 3 is 2.52 bits per heavy atom. The van der Waals surface area contributed by atoms with Gasteiger partial charge in [-0.2, -0.15) is 0 Å². The van der Waals surface area contributed by atoms with E-state index in [0.29, 0.717) is 10.6 Å². The van der Waals surface area contributed by atoms with E-state index in [1.54, 1.807) is 18.0 Å². The third-order valence-electron chi connectivity index (χ3n) is 4.23. The van der Waals surface area contributed by atoms with Crippen molar-refractivity contribution in [2.45, 2.75) is 20.4 Å². The summed E-state index contributed by atoms with van der Waals surface area (Å²) < 4.78 is 13.8. The number of aryl methyl sites for hydroxylation is 1. The van der Waals surface area contributed by atoms with Crippen LogP contribution in [0.2, 0.25) is 5.02 Å². The first-order valence-electron chi connectivity index (χ1n) is 8.52. The van der Waals surface area contributed by atoms with Crippen molar-refractivity contribution < 1.29 is 14.0 Å². The number of likely N-dealkylation sites (N-methyl/N-ethyl adjacent to an activating group) is 1. The van der Waals surface area contributed by atoms with Crippen LogP contribution in [-0.4, -0.2) is 36.9 Å². The molecule has 0 saturated carbocycles. The first-order chi connectivity index (χ1) is 12.8. The summed E-state index contributed by atoms with van der Waals surface area (Å²) in [6.07, 6.45) is 0. The zero-order valence-electron chi connectivity index (χ0n) is 15.6. The Morgan fingerprint density at radius 2 is 1.81 bits per heavy atom. The van der Waals surface area contributed by atoms with Crippen molar-refractivity contribution >= 4 is 29.1 Å². The van der Waals surface area contributed by atoms with E-state index in [0.717, 1.165) is 16.8 Å². The van der Waals surface area contributed by atoms with E-state index in [-0.39, 0.29) is 31.4 Å². The number of carbonyl (C=O) groups excluding carboxylic acids is 2. The molecule has 0 aliphatic heterocycles. The number of halogens is 2. The van der Waals surface area contributed by atoms with Gasteiger partial charge < -0.3 is 10.6 Å². The molecule has 0 atom stereocenters. The van der Waals surface area contributed by atoms with E-state index in [2.05, 4.69) is 10.6 Å². The minimum Gasteiger partial charge on any atom is -0.346 e. The van der Waals surface area contributed by atoms with Crippen LogP contribution in [0.4, 0.5) is 10.1 Å². The van der Waals surface area contributed by atoms with Gasteiger partial charge in [-0.15, -0.1) is 0 Å². The molecule has 0 radical (unpaired) electrons. The molecule has 7 heteroatoms. The Morgan fingerprint density at radius 1 is 1.11 bits per heavy atom. The summed E-state index contributed by atoms with van der Waals surface area (Å²) >= 11 is 5.99. The molecule has 2 aromatic rings. The Kier molecular flexibility index (Phi) is 7.33. The molecule has 27 heavy (non-hydrogen) atoms. The average Bonchev–Trinajstić information content (AvgIpc) is 2.60. The van der Waals surface area contributed by atoms with Crippen LogP contribution in [0.5, 0.6) is 0 Å². The molecular formula is C20H23ClFN3O2. The summed E-state index contributed by atoms with van der Waals surface area (Å²) in [5.41, 5.74) is 3.12. The Bertz CT molecular complexity index is 822.